The van der Waals surface area contributed by atoms with E-state index in [1.165, 1.54) is 49.3 Å². The summed E-state index contributed by atoms with van der Waals surface area (Å²) in [5.41, 5.74) is 6.26. The zero-order valence-electron chi connectivity index (χ0n) is 17.6. The van der Waals surface area contributed by atoms with Gasteiger partial charge in [-0.3, -0.25) is 0 Å². The summed E-state index contributed by atoms with van der Waals surface area (Å²) < 4.78 is 4.89. The number of hydrogen-bond donors (Lipinski definition) is 0. The number of benzene rings is 4. The normalized spacial score (nSPS) is 12.5. The molecule has 0 atom stereocenters. The monoisotopic (exact) mass is 388 g/mol. The maximum atomic E-state index is 2.49. The number of aromatic nitrogens is 2. The number of nitrogens with zero attached hydrogens (tertiary/aromatic N) is 2. The van der Waals surface area contributed by atoms with Crippen LogP contribution in [0.5, 0.6) is 0 Å². The Hall–Kier alpha value is -3.52. The van der Waals surface area contributed by atoms with E-state index < -0.39 is 0 Å². The van der Waals surface area contributed by atoms with Crippen molar-refractivity contribution in [2.45, 2.75) is 26.3 Å². The van der Waals surface area contributed by atoms with Crippen LogP contribution < -0.4 is 0 Å². The van der Waals surface area contributed by atoms with Crippen molar-refractivity contribution >= 4 is 43.6 Å². The van der Waals surface area contributed by atoms with Gasteiger partial charge in [0.1, 0.15) is 0 Å². The van der Waals surface area contributed by atoms with Gasteiger partial charge in [-0.15, -0.1) is 0 Å². The van der Waals surface area contributed by atoms with E-state index in [1.807, 2.05) is 0 Å². The van der Waals surface area contributed by atoms with Gasteiger partial charge in [-0.05, 0) is 57.2 Å². The van der Waals surface area contributed by atoms with Crippen molar-refractivity contribution in [1.82, 2.24) is 9.13 Å². The minimum atomic E-state index is -0.0153. The third-order valence-electron chi connectivity index (χ3n) is 6.15. The Labute approximate surface area is 176 Å². The third-order valence-corrected chi connectivity index (χ3v) is 6.15. The first-order valence-electron chi connectivity index (χ1n) is 10.6. The molecule has 0 aliphatic carbocycles. The average molecular weight is 389 g/mol. The van der Waals surface area contributed by atoms with Gasteiger partial charge in [0.15, 0.2) is 0 Å². The minimum Gasteiger partial charge on any atom is -0.335 e. The lowest BCUT2D eigenvalue weighted by Crippen LogP contribution is -2.21. The lowest BCUT2D eigenvalue weighted by Gasteiger charge is -2.24. The van der Waals surface area contributed by atoms with E-state index in [2.05, 4.69) is 121 Å². The van der Waals surface area contributed by atoms with Crippen molar-refractivity contribution in [3.05, 3.63) is 91.0 Å². The van der Waals surface area contributed by atoms with Crippen LogP contribution in [-0.2, 0) is 5.54 Å². The summed E-state index contributed by atoms with van der Waals surface area (Å²) in [7, 11) is 0. The van der Waals surface area contributed by atoms with Crippen LogP contribution in [0.4, 0.5) is 0 Å². The number of para-hydroxylation sites is 3. The van der Waals surface area contributed by atoms with Crippen LogP contribution in [-0.4, -0.2) is 9.13 Å². The summed E-state index contributed by atoms with van der Waals surface area (Å²) in [6, 6.07) is 33.0. The molecule has 0 fully saturated rings. The Bertz CT molecular complexity index is 1560. The summed E-state index contributed by atoms with van der Waals surface area (Å²) in [5, 5.41) is 5.24. The second-order valence-corrected chi connectivity index (χ2v) is 9.10. The lowest BCUT2D eigenvalue weighted by atomic mass is 10.1. The number of fused-ring (bicyclic) bond motifs is 6. The Balaban J connectivity index is 1.87. The molecule has 0 unspecified atom stereocenters. The highest BCUT2D eigenvalue weighted by atomic mass is 15.1. The Morgan fingerprint density at radius 1 is 0.500 bits per heavy atom. The van der Waals surface area contributed by atoms with Crippen LogP contribution in [0.3, 0.4) is 0 Å². The molecule has 0 radical (unpaired) electrons. The van der Waals surface area contributed by atoms with E-state index in [4.69, 9.17) is 0 Å². The summed E-state index contributed by atoms with van der Waals surface area (Å²) in [6.07, 6.45) is 0. The predicted octanol–water partition coefficient (Wildman–Crippen LogP) is 7.65. The molecule has 0 saturated carbocycles. The third kappa shape index (κ3) is 2.31. The number of rotatable bonds is 1. The van der Waals surface area contributed by atoms with Crippen LogP contribution in [0.2, 0.25) is 0 Å². The minimum absolute atomic E-state index is 0.0153. The molecule has 0 saturated heterocycles. The van der Waals surface area contributed by atoms with Crippen LogP contribution in [0.15, 0.2) is 91.0 Å². The van der Waals surface area contributed by atoms with E-state index in [9.17, 15) is 0 Å². The maximum Gasteiger partial charge on any atom is 0.0562 e. The van der Waals surface area contributed by atoms with Crippen molar-refractivity contribution < 1.29 is 0 Å². The highest BCUT2D eigenvalue weighted by Crippen LogP contribution is 2.40. The van der Waals surface area contributed by atoms with Crippen molar-refractivity contribution in [3.8, 4) is 5.69 Å². The Morgan fingerprint density at radius 2 is 1.07 bits per heavy atom. The predicted molar refractivity (Wildman–Crippen MR) is 129 cm³/mol. The Kier molecular flexibility index (Phi) is 3.47. The maximum absolute atomic E-state index is 2.49. The first kappa shape index (κ1) is 17.3. The van der Waals surface area contributed by atoms with E-state index in [0.717, 1.165) is 0 Å². The first-order chi connectivity index (χ1) is 14.5. The second kappa shape index (κ2) is 5.99. The molecule has 2 nitrogen and oxygen atoms in total. The molecular formula is C28H24N2. The molecule has 146 valence electrons. The number of hydrogen-bond acceptors (Lipinski definition) is 0. The fourth-order valence-corrected chi connectivity index (χ4v) is 5.01. The van der Waals surface area contributed by atoms with Crippen molar-refractivity contribution in [3.63, 3.8) is 0 Å². The van der Waals surface area contributed by atoms with Gasteiger partial charge < -0.3 is 9.13 Å². The molecule has 0 spiro atoms. The van der Waals surface area contributed by atoms with Gasteiger partial charge in [0, 0.05) is 38.3 Å². The molecule has 6 rings (SSSR count). The van der Waals surface area contributed by atoms with E-state index in [-0.39, 0.29) is 5.54 Å². The van der Waals surface area contributed by atoms with E-state index >= 15 is 0 Å². The Morgan fingerprint density at radius 3 is 1.77 bits per heavy atom. The van der Waals surface area contributed by atoms with Crippen LogP contribution >= 0.6 is 0 Å². The summed E-state index contributed by atoms with van der Waals surface area (Å²) in [6.45, 7) is 6.86. The molecule has 0 aliphatic rings. The van der Waals surface area contributed by atoms with Gasteiger partial charge >= 0.3 is 0 Å². The molecule has 2 heterocycles. The molecule has 0 amide bonds. The van der Waals surface area contributed by atoms with E-state index in [0.29, 0.717) is 0 Å². The molecule has 0 bridgehead atoms. The molecule has 2 heteroatoms. The smallest absolute Gasteiger partial charge is 0.0562 e. The van der Waals surface area contributed by atoms with Gasteiger partial charge in [0.2, 0.25) is 0 Å². The molecule has 4 aromatic carbocycles. The quantitative estimate of drug-likeness (QED) is 0.274. The largest absolute Gasteiger partial charge is 0.335 e. The lowest BCUT2D eigenvalue weighted by molar-refractivity contribution is 0.423. The van der Waals surface area contributed by atoms with Crippen LogP contribution in [0.25, 0.3) is 49.3 Å². The molecule has 0 aliphatic heterocycles. The van der Waals surface area contributed by atoms with Crippen LogP contribution in [0.1, 0.15) is 20.8 Å². The fourth-order valence-electron chi connectivity index (χ4n) is 5.01. The zero-order valence-corrected chi connectivity index (χ0v) is 17.6. The first-order valence-corrected chi connectivity index (χ1v) is 10.6. The SMILES string of the molecule is CC(C)(C)n1c2ccccc2c2cc3c4ccccc4n(-c4ccccc4)c3cc21. The molecule has 0 N–H and O–H groups in total. The van der Waals surface area contributed by atoms with Gasteiger partial charge in [-0.1, -0.05) is 54.6 Å². The second-order valence-electron chi connectivity index (χ2n) is 9.10. The molecule has 30 heavy (non-hydrogen) atoms. The average Bonchev–Trinajstić information content (AvgIpc) is 3.25. The van der Waals surface area contributed by atoms with Gasteiger partial charge in [0.25, 0.3) is 0 Å². The van der Waals surface area contributed by atoms with Crippen molar-refractivity contribution in [2.75, 3.05) is 0 Å². The van der Waals surface area contributed by atoms with Gasteiger partial charge in [-0.2, -0.15) is 0 Å². The standard InChI is InChI=1S/C28H24N2/c1-28(2,3)30-25-16-10-8-14-21(25)23-17-22-20-13-7-9-15-24(20)29(26(22)18-27(23)30)19-11-5-4-6-12-19/h4-18H,1-3H3. The van der Waals surface area contributed by atoms with Crippen molar-refractivity contribution in [2.24, 2.45) is 0 Å². The van der Waals surface area contributed by atoms with E-state index in [1.54, 1.807) is 0 Å². The van der Waals surface area contributed by atoms with Gasteiger partial charge in [0.05, 0.1) is 16.6 Å². The molecular weight excluding hydrogens is 364 g/mol. The zero-order chi connectivity index (χ0) is 20.5. The topological polar surface area (TPSA) is 9.86 Å². The summed E-state index contributed by atoms with van der Waals surface area (Å²) in [4.78, 5) is 0. The van der Waals surface area contributed by atoms with Crippen molar-refractivity contribution in [1.29, 1.82) is 0 Å². The highest BCUT2D eigenvalue weighted by molar-refractivity contribution is 6.18. The summed E-state index contributed by atoms with van der Waals surface area (Å²) >= 11 is 0. The van der Waals surface area contributed by atoms with Gasteiger partial charge in [-0.25, -0.2) is 0 Å². The molecule has 2 aromatic heterocycles. The van der Waals surface area contributed by atoms with Crippen LogP contribution in [0, 0.1) is 0 Å². The highest BCUT2D eigenvalue weighted by Gasteiger charge is 2.22. The summed E-state index contributed by atoms with van der Waals surface area (Å²) in [5.74, 6) is 0. The fraction of sp³-hybridized carbons (Fsp3) is 0.143. The molecule has 6 aromatic rings.